The fraction of sp³-hybridized carbons (Fsp3) is 0.100. The first-order valence-corrected chi connectivity index (χ1v) is 10.8. The molecule has 0 aliphatic carbocycles. The van der Waals surface area contributed by atoms with E-state index in [0.717, 1.165) is 0 Å². The smallest absolute Gasteiger partial charge is 0.291 e. The Balaban J connectivity index is 1.49. The lowest BCUT2D eigenvalue weighted by Crippen LogP contribution is -2.23. The molecule has 0 N–H and O–H groups in total. The molecule has 0 aliphatic rings. The van der Waals surface area contributed by atoms with Gasteiger partial charge >= 0.3 is 0 Å². The molecule has 0 amide bonds. The lowest BCUT2D eigenvalue weighted by molar-refractivity contribution is -0.384. The van der Waals surface area contributed by atoms with Gasteiger partial charge in [-0.25, -0.2) is 9.67 Å². The van der Waals surface area contributed by atoms with Gasteiger partial charge < -0.3 is 0 Å². The van der Waals surface area contributed by atoms with Crippen LogP contribution in [-0.2, 0) is 13.6 Å². The van der Waals surface area contributed by atoms with Crippen LogP contribution in [0, 0.1) is 10.1 Å². The number of thiophene rings is 1. The summed E-state index contributed by atoms with van der Waals surface area (Å²) in [5.74, 6) is 0.806. The molecule has 1 aromatic carbocycles. The molecule has 14 heteroatoms. The van der Waals surface area contributed by atoms with Crippen molar-refractivity contribution < 1.29 is 4.92 Å². The molecule has 0 saturated carbocycles. The standard InChI is InChI=1S/C20H13N9O4S/c1-25-19(31)16-14(6-7-34-16)27-15(23-24-20(25)27)9-26-10-21-17-11(18(26)30)8-22-28(17)12-4-2-3-5-13(12)29(32)33/h2-8,10H,9H2,1H3. The Morgan fingerprint density at radius 1 is 1.12 bits per heavy atom. The molecule has 168 valence electrons. The molecule has 5 aromatic heterocycles. The van der Waals surface area contributed by atoms with Gasteiger partial charge in [0, 0.05) is 13.1 Å². The second-order valence-corrected chi connectivity index (χ2v) is 8.38. The van der Waals surface area contributed by atoms with Crippen LogP contribution in [0.2, 0.25) is 0 Å². The minimum absolute atomic E-state index is 0.0444. The zero-order valence-electron chi connectivity index (χ0n) is 17.4. The Labute approximate surface area is 191 Å². The van der Waals surface area contributed by atoms with Gasteiger partial charge in [-0.15, -0.1) is 21.5 Å². The van der Waals surface area contributed by atoms with E-state index in [1.807, 2.05) is 11.4 Å². The summed E-state index contributed by atoms with van der Waals surface area (Å²) in [4.78, 5) is 41.0. The van der Waals surface area contributed by atoms with E-state index < -0.39 is 10.5 Å². The van der Waals surface area contributed by atoms with Crippen molar-refractivity contribution in [2.45, 2.75) is 6.54 Å². The number of hydrogen-bond acceptors (Lipinski definition) is 9. The highest BCUT2D eigenvalue weighted by Crippen LogP contribution is 2.24. The predicted molar refractivity (Wildman–Crippen MR) is 122 cm³/mol. The van der Waals surface area contributed by atoms with Gasteiger partial charge in [0.2, 0.25) is 5.78 Å². The average Bonchev–Trinajstić information content (AvgIpc) is 3.57. The monoisotopic (exact) mass is 475 g/mol. The molecule has 6 aromatic rings. The van der Waals surface area contributed by atoms with Gasteiger partial charge in [-0.3, -0.25) is 33.2 Å². The number of rotatable bonds is 4. The van der Waals surface area contributed by atoms with Crippen molar-refractivity contribution in [1.29, 1.82) is 0 Å². The van der Waals surface area contributed by atoms with Crippen molar-refractivity contribution in [3.8, 4) is 5.69 Å². The number of nitro groups is 1. The summed E-state index contributed by atoms with van der Waals surface area (Å²) < 4.78 is 6.34. The summed E-state index contributed by atoms with van der Waals surface area (Å²) in [7, 11) is 1.62. The van der Waals surface area contributed by atoms with Crippen LogP contribution in [0.3, 0.4) is 0 Å². The second kappa shape index (κ2) is 7.14. The van der Waals surface area contributed by atoms with Crippen LogP contribution in [-0.4, -0.2) is 43.4 Å². The largest absolute Gasteiger partial charge is 0.294 e. The maximum atomic E-state index is 13.2. The lowest BCUT2D eigenvalue weighted by atomic mass is 10.2. The molecular weight excluding hydrogens is 462 g/mol. The topological polar surface area (TPSA) is 148 Å². The highest BCUT2D eigenvalue weighted by atomic mass is 32.1. The van der Waals surface area contributed by atoms with Crippen LogP contribution in [0.15, 0.2) is 57.8 Å². The van der Waals surface area contributed by atoms with Crippen LogP contribution >= 0.6 is 11.3 Å². The Kier molecular flexibility index (Phi) is 4.19. The number of nitro benzene ring substituents is 1. The number of nitrogens with zero attached hydrogens (tertiary/aromatic N) is 9. The van der Waals surface area contributed by atoms with E-state index in [1.165, 1.54) is 49.8 Å². The first-order chi connectivity index (χ1) is 16.5. The molecule has 0 spiro atoms. The van der Waals surface area contributed by atoms with Gasteiger partial charge in [0.15, 0.2) is 11.5 Å². The number of para-hydroxylation sites is 2. The Hall–Kier alpha value is -4.72. The van der Waals surface area contributed by atoms with E-state index in [9.17, 15) is 19.7 Å². The Bertz CT molecular complexity index is 1890. The fourth-order valence-corrected chi connectivity index (χ4v) is 4.79. The molecule has 13 nitrogen and oxygen atoms in total. The third kappa shape index (κ3) is 2.72. The van der Waals surface area contributed by atoms with Crippen molar-refractivity contribution in [2.75, 3.05) is 0 Å². The predicted octanol–water partition coefficient (Wildman–Crippen LogP) is 1.49. The van der Waals surface area contributed by atoms with Crippen LogP contribution in [0.5, 0.6) is 0 Å². The van der Waals surface area contributed by atoms with Crippen molar-refractivity contribution in [2.24, 2.45) is 7.05 Å². The van der Waals surface area contributed by atoms with Gasteiger partial charge in [0.1, 0.15) is 22.1 Å². The summed E-state index contributed by atoms with van der Waals surface area (Å²) >= 11 is 1.32. The molecule has 34 heavy (non-hydrogen) atoms. The zero-order chi connectivity index (χ0) is 23.6. The van der Waals surface area contributed by atoms with Crippen LogP contribution in [0.25, 0.3) is 32.7 Å². The van der Waals surface area contributed by atoms with Crippen LogP contribution in [0.1, 0.15) is 5.82 Å². The van der Waals surface area contributed by atoms with E-state index in [2.05, 4.69) is 20.3 Å². The third-order valence-electron chi connectivity index (χ3n) is 5.57. The van der Waals surface area contributed by atoms with Crippen molar-refractivity contribution in [3.05, 3.63) is 84.9 Å². The maximum Gasteiger partial charge on any atom is 0.294 e. The fourth-order valence-electron chi connectivity index (χ4n) is 3.94. The molecular formula is C20H13N9O4S. The second-order valence-electron chi connectivity index (χ2n) is 7.47. The number of aryl methyl sites for hydroxylation is 1. The van der Waals surface area contributed by atoms with Crippen LogP contribution in [0.4, 0.5) is 5.69 Å². The summed E-state index contributed by atoms with van der Waals surface area (Å²) in [6.07, 6.45) is 2.67. The summed E-state index contributed by atoms with van der Waals surface area (Å²) in [5.41, 5.74) is 0.353. The van der Waals surface area contributed by atoms with E-state index in [0.29, 0.717) is 21.8 Å². The van der Waals surface area contributed by atoms with Crippen LogP contribution < -0.4 is 11.1 Å². The first-order valence-electron chi connectivity index (χ1n) is 9.93. The van der Waals surface area contributed by atoms with Crippen molar-refractivity contribution in [1.82, 2.24) is 38.5 Å². The Morgan fingerprint density at radius 2 is 1.94 bits per heavy atom. The number of aromatic nitrogens is 8. The molecule has 0 saturated heterocycles. The highest BCUT2D eigenvalue weighted by Gasteiger charge is 2.20. The third-order valence-corrected chi connectivity index (χ3v) is 6.46. The SMILES string of the molecule is Cn1c(=O)c2sccc2n2c(Cn3cnc4c(cnn4-c4ccccc4[N+](=O)[O-])c3=O)nnc12. The average molecular weight is 475 g/mol. The van der Waals surface area contributed by atoms with Gasteiger partial charge in [0.25, 0.3) is 16.8 Å². The summed E-state index contributed by atoms with van der Waals surface area (Å²) in [5, 5.41) is 25.9. The van der Waals surface area contributed by atoms with E-state index >= 15 is 0 Å². The maximum absolute atomic E-state index is 13.2. The number of benzene rings is 1. The molecule has 0 atom stereocenters. The lowest BCUT2D eigenvalue weighted by Gasteiger charge is -2.07. The van der Waals surface area contributed by atoms with Gasteiger partial charge in [-0.05, 0) is 17.5 Å². The molecule has 0 bridgehead atoms. The molecule has 0 radical (unpaired) electrons. The summed E-state index contributed by atoms with van der Waals surface area (Å²) in [6, 6.07) is 7.90. The molecule has 5 heterocycles. The molecule has 6 rings (SSSR count). The normalized spacial score (nSPS) is 11.7. The van der Waals surface area contributed by atoms with Gasteiger partial charge in [-0.2, -0.15) is 5.10 Å². The minimum Gasteiger partial charge on any atom is -0.291 e. The zero-order valence-corrected chi connectivity index (χ0v) is 18.2. The van der Waals surface area contributed by atoms with E-state index in [-0.39, 0.29) is 34.5 Å². The first kappa shape index (κ1) is 19.9. The van der Waals surface area contributed by atoms with Gasteiger partial charge in [0.05, 0.1) is 23.2 Å². The molecule has 0 aliphatic heterocycles. The number of fused-ring (bicyclic) bond motifs is 4. The van der Waals surface area contributed by atoms with E-state index in [1.54, 1.807) is 23.6 Å². The summed E-state index contributed by atoms with van der Waals surface area (Å²) in [6.45, 7) is 0.0444. The van der Waals surface area contributed by atoms with Crippen molar-refractivity contribution >= 4 is 44.1 Å². The quantitative estimate of drug-likeness (QED) is 0.275. The van der Waals surface area contributed by atoms with E-state index in [4.69, 9.17) is 0 Å². The highest BCUT2D eigenvalue weighted by molar-refractivity contribution is 7.17. The molecule has 0 unspecified atom stereocenters. The minimum atomic E-state index is -0.515. The van der Waals surface area contributed by atoms with Gasteiger partial charge in [-0.1, -0.05) is 12.1 Å². The molecule has 0 fully saturated rings. The Morgan fingerprint density at radius 3 is 2.76 bits per heavy atom. The van der Waals surface area contributed by atoms with Crippen molar-refractivity contribution in [3.63, 3.8) is 0 Å². The number of hydrogen-bond donors (Lipinski definition) is 0.